The van der Waals surface area contributed by atoms with Crippen molar-refractivity contribution in [3.8, 4) is 24.3 Å². The molecule has 1 saturated heterocycles. The van der Waals surface area contributed by atoms with Crippen LogP contribution in [-0.2, 0) is 13.0 Å². The molecule has 3 rings (SSSR count). The molecule has 1 aromatic carbocycles. The highest BCUT2D eigenvalue weighted by atomic mass is 16.5. The first-order valence-corrected chi connectivity index (χ1v) is 10.7. The lowest BCUT2D eigenvalue weighted by Crippen LogP contribution is -2.27. The number of piperidine rings is 1. The molecule has 0 aromatic heterocycles. The van der Waals surface area contributed by atoms with Crippen molar-refractivity contribution in [2.75, 3.05) is 40.9 Å². The van der Waals surface area contributed by atoms with Crippen LogP contribution < -0.4 is 14.8 Å². The number of hydrogen-bond acceptors (Lipinski definition) is 4. The third-order valence-corrected chi connectivity index (χ3v) is 5.67. The first-order chi connectivity index (χ1) is 13.7. The summed E-state index contributed by atoms with van der Waals surface area (Å²) in [5, 5.41) is 3.46. The number of benzene rings is 1. The summed E-state index contributed by atoms with van der Waals surface area (Å²) in [6, 6.07) is 4.40. The van der Waals surface area contributed by atoms with Crippen LogP contribution in [-0.4, -0.2) is 45.8 Å². The van der Waals surface area contributed by atoms with Gasteiger partial charge in [0.25, 0.3) is 0 Å². The second kappa shape index (κ2) is 12.0. The fraction of sp³-hybridized carbons (Fsp3) is 0.667. The molecule has 156 valence electrons. The van der Waals surface area contributed by atoms with Gasteiger partial charge in [0, 0.05) is 6.54 Å². The van der Waals surface area contributed by atoms with Gasteiger partial charge in [-0.3, -0.25) is 0 Å². The second-order valence-electron chi connectivity index (χ2n) is 8.31. The lowest BCUT2D eigenvalue weighted by Gasteiger charge is -2.23. The smallest absolute Gasteiger partial charge is 0.130 e. The van der Waals surface area contributed by atoms with Crippen LogP contribution in [0, 0.1) is 24.7 Å². The van der Waals surface area contributed by atoms with E-state index in [1.165, 1.54) is 62.7 Å². The Hall–Kier alpha value is -1.70. The summed E-state index contributed by atoms with van der Waals surface area (Å²) in [5.74, 6) is 3.70. The van der Waals surface area contributed by atoms with Crippen LogP contribution >= 0.6 is 0 Å². The second-order valence-corrected chi connectivity index (χ2v) is 8.31. The van der Waals surface area contributed by atoms with Crippen molar-refractivity contribution in [1.29, 1.82) is 0 Å². The van der Waals surface area contributed by atoms with E-state index in [-0.39, 0.29) is 0 Å². The molecule has 1 heterocycles. The average molecular weight is 387 g/mol. The summed E-state index contributed by atoms with van der Waals surface area (Å²) in [6.07, 6.45) is 17.0. The lowest BCUT2D eigenvalue weighted by atomic mass is 9.91. The molecule has 0 spiro atoms. The molecular weight excluding hydrogens is 348 g/mol. The third kappa shape index (κ3) is 7.04. The van der Waals surface area contributed by atoms with E-state index in [1.807, 2.05) is 0 Å². The Labute approximate surface area is 172 Å². The molecule has 4 nitrogen and oxygen atoms in total. The molecule has 2 aliphatic rings. The Balaban J connectivity index is 0.00000136. The van der Waals surface area contributed by atoms with Gasteiger partial charge in [0.2, 0.25) is 0 Å². The fourth-order valence-corrected chi connectivity index (χ4v) is 3.95. The van der Waals surface area contributed by atoms with E-state index in [1.54, 1.807) is 7.11 Å². The van der Waals surface area contributed by atoms with Crippen LogP contribution in [0.1, 0.15) is 49.7 Å². The normalized spacial score (nSPS) is 17.1. The van der Waals surface area contributed by atoms with Gasteiger partial charge in [0.15, 0.2) is 0 Å². The van der Waals surface area contributed by atoms with Crippen molar-refractivity contribution in [3.63, 3.8) is 0 Å². The molecule has 1 N–H and O–H groups in total. The van der Waals surface area contributed by atoms with E-state index >= 15 is 0 Å². The molecule has 0 bridgehead atoms. The van der Waals surface area contributed by atoms with Crippen molar-refractivity contribution in [2.24, 2.45) is 11.8 Å². The number of rotatable bonds is 10. The molecule has 1 aliphatic heterocycles. The van der Waals surface area contributed by atoms with E-state index < -0.39 is 0 Å². The minimum atomic E-state index is 0.762. The molecule has 1 saturated carbocycles. The summed E-state index contributed by atoms with van der Waals surface area (Å²) in [6.45, 7) is 4.08. The number of aryl methyl sites for hydroxylation is 1. The van der Waals surface area contributed by atoms with Gasteiger partial charge in [0.05, 0.1) is 19.3 Å². The van der Waals surface area contributed by atoms with Crippen molar-refractivity contribution in [1.82, 2.24) is 10.2 Å². The summed E-state index contributed by atoms with van der Waals surface area (Å²) < 4.78 is 12.0. The van der Waals surface area contributed by atoms with Crippen molar-refractivity contribution >= 4 is 0 Å². The largest absolute Gasteiger partial charge is 0.496 e. The van der Waals surface area contributed by atoms with Gasteiger partial charge in [0.1, 0.15) is 11.5 Å². The van der Waals surface area contributed by atoms with Crippen LogP contribution in [0.25, 0.3) is 0 Å². The van der Waals surface area contributed by atoms with Crippen LogP contribution in [0.4, 0.5) is 0 Å². The monoisotopic (exact) mass is 386 g/mol. The topological polar surface area (TPSA) is 33.7 Å². The fourth-order valence-electron chi connectivity index (χ4n) is 3.95. The molecule has 4 heteroatoms. The Morgan fingerprint density at radius 2 is 1.79 bits per heavy atom. The molecule has 28 heavy (non-hydrogen) atoms. The average Bonchev–Trinajstić information content (AvgIpc) is 3.54. The highest BCUT2D eigenvalue weighted by molar-refractivity contribution is 5.50. The van der Waals surface area contributed by atoms with Gasteiger partial charge >= 0.3 is 0 Å². The first kappa shape index (κ1) is 22.6. The molecule has 0 atom stereocenters. The summed E-state index contributed by atoms with van der Waals surface area (Å²) in [5.41, 5.74) is 2.54. The van der Waals surface area contributed by atoms with Gasteiger partial charge in [-0.25, -0.2) is 0 Å². The minimum Gasteiger partial charge on any atom is -0.496 e. The lowest BCUT2D eigenvalue weighted by molar-refractivity contribution is 0.285. The zero-order chi connectivity index (χ0) is 20.4. The molecule has 0 unspecified atom stereocenters. The molecular formula is C24H38N2O2. The Morgan fingerprint density at radius 1 is 1.07 bits per heavy atom. The van der Waals surface area contributed by atoms with Gasteiger partial charge in [-0.1, -0.05) is 12.5 Å². The molecule has 0 radical (unpaired) electrons. The highest BCUT2D eigenvalue weighted by Gasteiger charge is 2.23. The van der Waals surface area contributed by atoms with Crippen LogP contribution in [0.3, 0.4) is 0 Å². The van der Waals surface area contributed by atoms with Crippen molar-refractivity contribution in [3.05, 3.63) is 23.3 Å². The van der Waals surface area contributed by atoms with E-state index in [2.05, 4.69) is 49.3 Å². The summed E-state index contributed by atoms with van der Waals surface area (Å²) in [7, 11) is 6.01. The van der Waals surface area contributed by atoms with Crippen molar-refractivity contribution < 1.29 is 9.47 Å². The molecule has 2 fully saturated rings. The highest BCUT2D eigenvalue weighted by Crippen LogP contribution is 2.36. The number of nitrogens with one attached hydrogen (secondary N) is 1. The van der Waals surface area contributed by atoms with Crippen LogP contribution in [0.2, 0.25) is 0 Å². The predicted molar refractivity (Wildman–Crippen MR) is 117 cm³/mol. The maximum atomic E-state index is 6.15. The van der Waals surface area contributed by atoms with Crippen LogP contribution in [0.5, 0.6) is 11.5 Å². The molecule has 1 aromatic rings. The van der Waals surface area contributed by atoms with E-state index in [9.17, 15) is 0 Å². The van der Waals surface area contributed by atoms with Gasteiger partial charge in [-0.05, 0) is 89.2 Å². The van der Waals surface area contributed by atoms with Gasteiger partial charge < -0.3 is 19.7 Å². The van der Waals surface area contributed by atoms with E-state index in [0.29, 0.717) is 0 Å². The van der Waals surface area contributed by atoms with Gasteiger partial charge in [-0.2, -0.15) is 0 Å². The summed E-state index contributed by atoms with van der Waals surface area (Å²) in [4.78, 5) is 2.20. The Kier molecular flexibility index (Phi) is 9.67. The number of terminal acetylenes is 1. The standard InChI is InChI=1S/C22H36N2O2.C2H2/c1-24(2)15-20-21(26-16-18-7-8-18)10-9-19(22(20)25-3)6-4-5-17-11-13-23-14-12-17;1-2/h9-10,17-18,23H,4-8,11-16H2,1-3H3;1-2H. The number of ether oxygens (including phenoxy) is 2. The van der Waals surface area contributed by atoms with Gasteiger partial charge in [-0.15, -0.1) is 12.8 Å². The zero-order valence-corrected chi connectivity index (χ0v) is 18.0. The minimum absolute atomic E-state index is 0.762. The Bertz CT molecular complexity index is 602. The van der Waals surface area contributed by atoms with Crippen LogP contribution in [0.15, 0.2) is 12.1 Å². The van der Waals surface area contributed by atoms with Crippen molar-refractivity contribution in [2.45, 2.75) is 51.5 Å². The predicted octanol–water partition coefficient (Wildman–Crippen LogP) is 4.12. The number of hydrogen-bond donors (Lipinski definition) is 1. The van der Waals surface area contributed by atoms with E-state index in [4.69, 9.17) is 9.47 Å². The maximum Gasteiger partial charge on any atom is 0.130 e. The van der Waals surface area contributed by atoms with E-state index in [0.717, 1.165) is 42.9 Å². The number of methoxy groups -OCH3 is 1. The molecule has 1 aliphatic carbocycles. The zero-order valence-electron chi connectivity index (χ0n) is 18.0. The maximum absolute atomic E-state index is 6.15. The number of nitrogens with zero attached hydrogens (tertiary/aromatic N) is 1. The third-order valence-electron chi connectivity index (χ3n) is 5.67. The SMILES string of the molecule is C#C.COc1c(CCCC2CCNCC2)ccc(OCC2CC2)c1CN(C)C. The first-order valence-electron chi connectivity index (χ1n) is 10.7. The molecule has 0 amide bonds. The Morgan fingerprint density at radius 3 is 2.39 bits per heavy atom. The summed E-state index contributed by atoms with van der Waals surface area (Å²) >= 11 is 0. The quantitative estimate of drug-likeness (QED) is 0.614.